The van der Waals surface area contributed by atoms with Gasteiger partial charge in [0, 0.05) is 13.1 Å². The smallest absolute Gasteiger partial charge is 0.274 e. The number of ether oxygens (including phenoxy) is 1. The Morgan fingerprint density at radius 2 is 2.10 bits per heavy atom. The molecule has 0 radical (unpaired) electrons. The third-order valence-corrected chi connectivity index (χ3v) is 4.65. The summed E-state index contributed by atoms with van der Waals surface area (Å²) in [5.74, 6) is 0. The van der Waals surface area contributed by atoms with E-state index in [9.17, 15) is 8.42 Å². The zero-order valence-corrected chi connectivity index (χ0v) is 13.6. The van der Waals surface area contributed by atoms with Crippen LogP contribution in [0.4, 0.5) is 0 Å². The molecular weight excluding hydrogens is 337 g/mol. The van der Waals surface area contributed by atoms with Crippen molar-refractivity contribution in [1.82, 2.24) is 10.0 Å². The molecule has 4 N–H and O–H groups in total. The highest BCUT2D eigenvalue weighted by molar-refractivity contribution is 7.87. The van der Waals surface area contributed by atoms with Crippen LogP contribution in [0.1, 0.15) is 12.0 Å². The van der Waals surface area contributed by atoms with Gasteiger partial charge in [0.25, 0.3) is 10.2 Å². The van der Waals surface area contributed by atoms with Crippen LogP contribution in [0.25, 0.3) is 0 Å². The predicted molar refractivity (Wildman–Crippen MR) is 82.7 cm³/mol. The Hall–Kier alpha value is -0.410. The highest BCUT2D eigenvalue weighted by atomic mass is 35.5. The SMILES string of the molecule is NS(=O)(=O)NCC1(c2ccc(Cl)c(Cl)c2)CCNCCO1. The fourth-order valence-electron chi connectivity index (χ4n) is 2.27. The highest BCUT2D eigenvalue weighted by Gasteiger charge is 2.35. The largest absolute Gasteiger partial charge is 0.368 e. The van der Waals surface area contributed by atoms with Gasteiger partial charge >= 0.3 is 0 Å². The summed E-state index contributed by atoms with van der Waals surface area (Å²) in [4.78, 5) is 0. The van der Waals surface area contributed by atoms with E-state index in [4.69, 9.17) is 33.1 Å². The van der Waals surface area contributed by atoms with Crippen LogP contribution in [0, 0.1) is 0 Å². The highest BCUT2D eigenvalue weighted by Crippen LogP contribution is 2.34. The van der Waals surface area contributed by atoms with Gasteiger partial charge in [0.1, 0.15) is 5.60 Å². The van der Waals surface area contributed by atoms with Crippen LogP contribution in [0.3, 0.4) is 0 Å². The lowest BCUT2D eigenvalue weighted by Gasteiger charge is -2.33. The van der Waals surface area contributed by atoms with Crippen LogP contribution in [-0.4, -0.2) is 34.7 Å². The van der Waals surface area contributed by atoms with E-state index in [0.717, 1.165) is 5.56 Å². The molecule has 0 saturated carbocycles. The van der Waals surface area contributed by atoms with E-state index in [-0.39, 0.29) is 6.54 Å². The van der Waals surface area contributed by atoms with Gasteiger partial charge < -0.3 is 10.1 Å². The Labute approximate surface area is 134 Å². The number of hydrogen-bond donors (Lipinski definition) is 3. The molecule has 6 nitrogen and oxygen atoms in total. The van der Waals surface area contributed by atoms with Crippen molar-refractivity contribution in [2.24, 2.45) is 5.14 Å². The van der Waals surface area contributed by atoms with Crippen molar-refractivity contribution in [2.45, 2.75) is 12.0 Å². The molecule has 1 saturated heterocycles. The summed E-state index contributed by atoms with van der Waals surface area (Å²) in [6.07, 6.45) is 0.577. The van der Waals surface area contributed by atoms with E-state index in [1.807, 2.05) is 0 Å². The molecule has 118 valence electrons. The van der Waals surface area contributed by atoms with Gasteiger partial charge in [-0.2, -0.15) is 13.1 Å². The van der Waals surface area contributed by atoms with Crippen molar-refractivity contribution < 1.29 is 13.2 Å². The van der Waals surface area contributed by atoms with E-state index < -0.39 is 15.8 Å². The summed E-state index contributed by atoms with van der Waals surface area (Å²) in [6, 6.07) is 5.14. The second-order valence-electron chi connectivity index (χ2n) is 4.84. The summed E-state index contributed by atoms with van der Waals surface area (Å²) in [5.41, 5.74) is -0.0683. The van der Waals surface area contributed by atoms with Gasteiger partial charge in [-0.3, -0.25) is 0 Å². The molecule has 1 aromatic carbocycles. The molecule has 1 heterocycles. The van der Waals surface area contributed by atoms with Crippen molar-refractivity contribution in [1.29, 1.82) is 0 Å². The van der Waals surface area contributed by atoms with Crippen LogP contribution in [-0.2, 0) is 20.5 Å². The standard InChI is InChI=1S/C12H17Cl2N3O3S/c13-10-2-1-9(7-11(10)14)12(8-17-21(15,18)19)3-4-16-5-6-20-12/h1-2,7,16-17H,3-6,8H2,(H2,15,18,19). The number of benzene rings is 1. The normalized spacial score (nSPS) is 23.8. The van der Waals surface area contributed by atoms with Crippen LogP contribution >= 0.6 is 23.2 Å². The lowest BCUT2D eigenvalue weighted by Crippen LogP contribution is -2.45. The molecule has 0 spiro atoms. The summed E-state index contributed by atoms with van der Waals surface area (Å²) >= 11 is 12.0. The van der Waals surface area contributed by atoms with Gasteiger partial charge in [-0.05, 0) is 30.7 Å². The molecule has 1 fully saturated rings. The quantitative estimate of drug-likeness (QED) is 0.752. The molecule has 1 aliphatic rings. The maximum absolute atomic E-state index is 11.2. The number of halogens is 2. The summed E-state index contributed by atoms with van der Waals surface area (Å²) in [7, 11) is -3.81. The van der Waals surface area contributed by atoms with Gasteiger partial charge in [0.2, 0.25) is 0 Å². The maximum atomic E-state index is 11.2. The monoisotopic (exact) mass is 353 g/mol. The summed E-state index contributed by atoms with van der Waals surface area (Å²) < 4.78 is 30.6. The van der Waals surface area contributed by atoms with Gasteiger partial charge in [-0.1, -0.05) is 29.3 Å². The lowest BCUT2D eigenvalue weighted by atomic mass is 9.90. The average molecular weight is 354 g/mol. The Balaban J connectivity index is 2.35. The number of nitrogens with two attached hydrogens (primary N) is 1. The Morgan fingerprint density at radius 1 is 1.33 bits per heavy atom. The minimum Gasteiger partial charge on any atom is -0.368 e. The second kappa shape index (κ2) is 6.78. The molecule has 1 aromatic rings. The first kappa shape index (κ1) is 17.0. The molecule has 1 aliphatic heterocycles. The third-order valence-electron chi connectivity index (χ3n) is 3.37. The second-order valence-corrected chi connectivity index (χ2v) is 7.03. The zero-order valence-electron chi connectivity index (χ0n) is 11.2. The van der Waals surface area contributed by atoms with Crippen molar-refractivity contribution in [3.63, 3.8) is 0 Å². The Kier molecular flexibility index (Phi) is 5.48. The van der Waals surface area contributed by atoms with Crippen molar-refractivity contribution in [3.05, 3.63) is 33.8 Å². The van der Waals surface area contributed by atoms with E-state index in [1.165, 1.54) is 0 Å². The Bertz CT molecular complexity index is 602. The van der Waals surface area contributed by atoms with Crippen molar-refractivity contribution in [2.75, 3.05) is 26.2 Å². The zero-order chi connectivity index (χ0) is 15.5. The molecule has 0 amide bonds. The fraction of sp³-hybridized carbons (Fsp3) is 0.500. The molecule has 0 aliphatic carbocycles. The number of rotatable bonds is 4. The minimum atomic E-state index is -3.81. The number of nitrogens with one attached hydrogen (secondary N) is 2. The topological polar surface area (TPSA) is 93.5 Å². The molecular formula is C12H17Cl2N3O3S. The average Bonchev–Trinajstić information content (AvgIpc) is 2.65. The molecule has 9 heteroatoms. The van der Waals surface area contributed by atoms with Gasteiger partial charge in [-0.15, -0.1) is 0 Å². The van der Waals surface area contributed by atoms with Gasteiger partial charge in [0.05, 0.1) is 16.7 Å². The van der Waals surface area contributed by atoms with Gasteiger partial charge in [-0.25, -0.2) is 5.14 Å². The first-order chi connectivity index (χ1) is 9.82. The third kappa shape index (κ3) is 4.53. The van der Waals surface area contributed by atoms with E-state index >= 15 is 0 Å². The van der Waals surface area contributed by atoms with Crippen LogP contribution in [0.15, 0.2) is 18.2 Å². The van der Waals surface area contributed by atoms with Crippen molar-refractivity contribution >= 4 is 33.4 Å². The minimum absolute atomic E-state index is 0.0332. The first-order valence-electron chi connectivity index (χ1n) is 6.40. The van der Waals surface area contributed by atoms with Gasteiger partial charge in [0.15, 0.2) is 0 Å². The molecule has 1 atom stereocenters. The predicted octanol–water partition coefficient (Wildman–Crippen LogP) is 0.992. The maximum Gasteiger partial charge on any atom is 0.274 e. The summed E-state index contributed by atoms with van der Waals surface area (Å²) in [6.45, 7) is 1.86. The molecule has 0 bridgehead atoms. The van der Waals surface area contributed by atoms with Crippen molar-refractivity contribution in [3.8, 4) is 0 Å². The number of hydrogen-bond acceptors (Lipinski definition) is 4. The van der Waals surface area contributed by atoms with E-state index in [0.29, 0.717) is 36.2 Å². The van der Waals surface area contributed by atoms with Crippen LogP contribution in [0.5, 0.6) is 0 Å². The molecule has 1 unspecified atom stereocenters. The molecule has 2 rings (SSSR count). The first-order valence-corrected chi connectivity index (χ1v) is 8.70. The Morgan fingerprint density at radius 3 is 2.76 bits per heavy atom. The van der Waals surface area contributed by atoms with E-state index in [2.05, 4.69) is 10.0 Å². The molecule has 0 aromatic heterocycles. The molecule has 21 heavy (non-hydrogen) atoms. The van der Waals surface area contributed by atoms with Crippen LogP contribution < -0.4 is 15.2 Å². The van der Waals surface area contributed by atoms with E-state index in [1.54, 1.807) is 18.2 Å². The van der Waals surface area contributed by atoms with Crippen LogP contribution in [0.2, 0.25) is 10.0 Å². The fourth-order valence-corrected chi connectivity index (χ4v) is 3.00. The summed E-state index contributed by atoms with van der Waals surface area (Å²) in [5, 5.41) is 9.05. The lowest BCUT2D eigenvalue weighted by molar-refractivity contribution is -0.0382.